The van der Waals surface area contributed by atoms with Gasteiger partial charge in [0.2, 0.25) is 15.9 Å². The third-order valence-corrected chi connectivity index (χ3v) is 6.80. The molecule has 6 nitrogen and oxygen atoms in total. The van der Waals surface area contributed by atoms with Crippen LogP contribution in [-0.4, -0.2) is 37.4 Å². The van der Waals surface area contributed by atoms with E-state index in [-0.39, 0.29) is 23.3 Å². The molecular weight excluding hydrogens is 338 g/mol. The summed E-state index contributed by atoms with van der Waals surface area (Å²) in [5.74, 6) is -0.525. The van der Waals surface area contributed by atoms with Crippen molar-refractivity contribution < 1.29 is 13.2 Å². The zero-order chi connectivity index (χ0) is 17.9. The molecule has 0 radical (unpaired) electrons. The molecule has 1 saturated carbocycles. The number of carbonyl (C=O) groups is 1. The summed E-state index contributed by atoms with van der Waals surface area (Å²) in [5, 5.41) is 4.20. The van der Waals surface area contributed by atoms with Gasteiger partial charge in [-0.1, -0.05) is 17.7 Å². The Balaban J connectivity index is 1.66. The van der Waals surface area contributed by atoms with Crippen LogP contribution in [-0.2, 0) is 14.8 Å². The third kappa shape index (κ3) is 4.27. The Hall–Kier alpha value is -1.73. The van der Waals surface area contributed by atoms with Crippen molar-refractivity contribution in [3.05, 3.63) is 29.8 Å². The highest BCUT2D eigenvalue weighted by Gasteiger charge is 2.33. The maximum atomic E-state index is 12.8. The number of nitrogens with zero attached hydrogens (tertiary/aromatic N) is 2. The fraction of sp³-hybridized carbons (Fsp3) is 0.556. The molecule has 7 heteroatoms. The van der Waals surface area contributed by atoms with E-state index in [0.717, 1.165) is 37.0 Å². The van der Waals surface area contributed by atoms with Crippen LogP contribution in [0.4, 0.5) is 0 Å². The number of amides is 1. The monoisotopic (exact) mass is 363 g/mol. The second-order valence-corrected chi connectivity index (χ2v) is 8.81. The first kappa shape index (κ1) is 18.1. The molecule has 3 rings (SSSR count). The van der Waals surface area contributed by atoms with Crippen LogP contribution < -0.4 is 5.43 Å². The average molecular weight is 363 g/mol. The number of nitrogens with one attached hydrogen (secondary N) is 1. The second kappa shape index (κ2) is 7.66. The lowest BCUT2D eigenvalue weighted by Crippen LogP contribution is -2.44. The van der Waals surface area contributed by atoms with Crippen molar-refractivity contribution in [2.24, 2.45) is 11.0 Å². The number of carbonyl (C=O) groups excluding carboxylic acids is 1. The number of hydrazone groups is 1. The van der Waals surface area contributed by atoms with Crippen LogP contribution >= 0.6 is 0 Å². The summed E-state index contributed by atoms with van der Waals surface area (Å²) in [6.07, 6.45) is 5.51. The topological polar surface area (TPSA) is 78.8 Å². The van der Waals surface area contributed by atoms with Crippen LogP contribution in [0.2, 0.25) is 0 Å². The van der Waals surface area contributed by atoms with Gasteiger partial charge in [0.25, 0.3) is 0 Å². The SMILES string of the molecule is Cc1ccc(S(=O)(=O)N2CCC[C@@H](C(=O)NN=C3CCCC3)C2)cc1. The summed E-state index contributed by atoms with van der Waals surface area (Å²) in [6, 6.07) is 6.83. The van der Waals surface area contributed by atoms with Crippen molar-refractivity contribution in [1.82, 2.24) is 9.73 Å². The Kier molecular flexibility index (Phi) is 5.54. The summed E-state index contributed by atoms with van der Waals surface area (Å²) in [6.45, 7) is 2.59. The molecule has 1 N–H and O–H groups in total. The molecule has 1 atom stereocenters. The lowest BCUT2D eigenvalue weighted by Gasteiger charge is -2.30. The zero-order valence-electron chi connectivity index (χ0n) is 14.6. The van der Waals surface area contributed by atoms with E-state index in [0.29, 0.717) is 19.4 Å². The summed E-state index contributed by atoms with van der Waals surface area (Å²) in [4.78, 5) is 12.7. The van der Waals surface area contributed by atoms with Crippen molar-refractivity contribution in [3.63, 3.8) is 0 Å². The number of hydrogen-bond acceptors (Lipinski definition) is 4. The highest BCUT2D eigenvalue weighted by molar-refractivity contribution is 7.89. The van der Waals surface area contributed by atoms with Gasteiger partial charge in [-0.05, 0) is 57.6 Å². The summed E-state index contributed by atoms with van der Waals surface area (Å²) in [5.41, 5.74) is 4.69. The molecule has 0 spiro atoms. The van der Waals surface area contributed by atoms with Gasteiger partial charge in [0.15, 0.2) is 0 Å². The molecule has 1 aliphatic carbocycles. The van der Waals surface area contributed by atoms with Gasteiger partial charge in [0.1, 0.15) is 0 Å². The number of piperidine rings is 1. The van der Waals surface area contributed by atoms with E-state index >= 15 is 0 Å². The Morgan fingerprint density at radius 3 is 2.52 bits per heavy atom. The highest BCUT2D eigenvalue weighted by atomic mass is 32.2. The van der Waals surface area contributed by atoms with Crippen LogP contribution in [0.1, 0.15) is 44.1 Å². The maximum Gasteiger partial charge on any atom is 0.244 e. The van der Waals surface area contributed by atoms with E-state index in [1.165, 1.54) is 4.31 Å². The van der Waals surface area contributed by atoms with Gasteiger partial charge in [-0.3, -0.25) is 4.79 Å². The van der Waals surface area contributed by atoms with Gasteiger partial charge in [-0.2, -0.15) is 9.41 Å². The Morgan fingerprint density at radius 2 is 1.84 bits per heavy atom. The second-order valence-electron chi connectivity index (χ2n) is 6.88. The normalized spacial score (nSPS) is 22.0. The maximum absolute atomic E-state index is 12.8. The number of rotatable bonds is 4. The molecule has 2 fully saturated rings. The molecule has 0 aromatic heterocycles. The van der Waals surface area contributed by atoms with E-state index in [1.54, 1.807) is 24.3 Å². The van der Waals surface area contributed by atoms with Gasteiger partial charge in [-0.25, -0.2) is 13.8 Å². The quantitative estimate of drug-likeness (QED) is 0.835. The smallest absolute Gasteiger partial charge is 0.244 e. The van der Waals surface area contributed by atoms with Crippen molar-refractivity contribution in [1.29, 1.82) is 0 Å². The van der Waals surface area contributed by atoms with Crippen LogP contribution in [0, 0.1) is 12.8 Å². The highest BCUT2D eigenvalue weighted by Crippen LogP contribution is 2.24. The lowest BCUT2D eigenvalue weighted by molar-refractivity contribution is -0.126. The van der Waals surface area contributed by atoms with Crippen LogP contribution in [0.3, 0.4) is 0 Å². The molecule has 25 heavy (non-hydrogen) atoms. The number of sulfonamides is 1. The average Bonchev–Trinajstić information content (AvgIpc) is 3.14. The van der Waals surface area contributed by atoms with Gasteiger partial charge >= 0.3 is 0 Å². The minimum atomic E-state index is -3.56. The molecule has 1 heterocycles. The van der Waals surface area contributed by atoms with Crippen LogP contribution in [0.25, 0.3) is 0 Å². The minimum absolute atomic E-state index is 0.178. The first-order valence-corrected chi connectivity index (χ1v) is 10.3. The number of benzene rings is 1. The van der Waals surface area contributed by atoms with E-state index in [1.807, 2.05) is 6.92 Å². The lowest BCUT2D eigenvalue weighted by atomic mass is 9.99. The number of hydrogen-bond donors (Lipinski definition) is 1. The fourth-order valence-electron chi connectivity index (χ4n) is 3.35. The van der Waals surface area contributed by atoms with Crippen molar-refractivity contribution in [2.75, 3.05) is 13.1 Å². The van der Waals surface area contributed by atoms with E-state index in [9.17, 15) is 13.2 Å². The van der Waals surface area contributed by atoms with E-state index in [4.69, 9.17) is 0 Å². The minimum Gasteiger partial charge on any atom is -0.273 e. The molecule has 2 aliphatic rings. The molecule has 1 aromatic rings. The Labute approximate surface area is 149 Å². The first-order valence-electron chi connectivity index (χ1n) is 8.89. The molecule has 0 bridgehead atoms. The van der Waals surface area contributed by atoms with Crippen molar-refractivity contribution >= 4 is 21.6 Å². The summed E-state index contributed by atoms with van der Waals surface area (Å²) >= 11 is 0. The standard InChI is InChI=1S/C18H25N3O3S/c1-14-8-10-17(11-9-14)25(23,24)21-12-4-5-15(13-21)18(22)20-19-16-6-2-3-7-16/h8-11,15H,2-7,12-13H2,1H3,(H,20,22)/t15-/m1/s1. The number of aryl methyl sites for hydroxylation is 1. The molecule has 0 unspecified atom stereocenters. The van der Waals surface area contributed by atoms with Gasteiger partial charge < -0.3 is 0 Å². The molecule has 1 saturated heterocycles. The summed E-state index contributed by atoms with van der Waals surface area (Å²) < 4.78 is 27.0. The van der Waals surface area contributed by atoms with Gasteiger partial charge in [0, 0.05) is 18.8 Å². The third-order valence-electron chi connectivity index (χ3n) is 4.92. The molecule has 1 aliphatic heterocycles. The van der Waals surface area contributed by atoms with Crippen LogP contribution in [0.15, 0.2) is 34.3 Å². The largest absolute Gasteiger partial charge is 0.273 e. The van der Waals surface area contributed by atoms with E-state index in [2.05, 4.69) is 10.5 Å². The van der Waals surface area contributed by atoms with Crippen LogP contribution in [0.5, 0.6) is 0 Å². The first-order chi connectivity index (χ1) is 12.0. The molecule has 1 amide bonds. The summed E-state index contributed by atoms with van der Waals surface area (Å²) in [7, 11) is -3.56. The van der Waals surface area contributed by atoms with Gasteiger partial charge in [0.05, 0.1) is 10.8 Å². The Morgan fingerprint density at radius 1 is 1.16 bits per heavy atom. The predicted molar refractivity (Wildman–Crippen MR) is 96.7 cm³/mol. The Bertz CT molecular complexity index is 748. The molecule has 1 aromatic carbocycles. The van der Waals surface area contributed by atoms with E-state index < -0.39 is 10.0 Å². The zero-order valence-corrected chi connectivity index (χ0v) is 15.4. The predicted octanol–water partition coefficient (Wildman–Crippen LogP) is 2.44. The molecule has 136 valence electrons. The van der Waals surface area contributed by atoms with Crippen molar-refractivity contribution in [2.45, 2.75) is 50.3 Å². The fourth-order valence-corrected chi connectivity index (χ4v) is 4.88. The molecular formula is C18H25N3O3S. The van der Waals surface area contributed by atoms with Crippen molar-refractivity contribution in [3.8, 4) is 0 Å². The van der Waals surface area contributed by atoms with Gasteiger partial charge in [-0.15, -0.1) is 0 Å².